The molecule has 0 atom stereocenters. The predicted molar refractivity (Wildman–Crippen MR) is 78.3 cm³/mol. The van der Waals surface area contributed by atoms with Crippen molar-refractivity contribution in [1.82, 2.24) is 9.97 Å². The number of H-pyrrole nitrogens is 1. The molecule has 0 radical (unpaired) electrons. The number of imidazole rings is 1. The van der Waals surface area contributed by atoms with E-state index in [1.54, 1.807) is 6.07 Å². The van der Waals surface area contributed by atoms with Gasteiger partial charge in [0.2, 0.25) is 0 Å². The maximum absolute atomic E-state index is 13.8. The normalized spacial score (nSPS) is 14.1. The van der Waals surface area contributed by atoms with Crippen molar-refractivity contribution >= 4 is 16.7 Å². The maximum atomic E-state index is 13.8. The lowest BCUT2D eigenvalue weighted by Crippen LogP contribution is -2.12. The number of halogens is 1. The molecule has 4 rings (SSSR count). The van der Waals surface area contributed by atoms with Crippen molar-refractivity contribution in [2.24, 2.45) is 0 Å². The number of hydrogen-bond acceptors (Lipinski definition) is 2. The Morgan fingerprint density at radius 3 is 2.90 bits per heavy atom. The SMILES string of the molecule is Fc1cccc2[nH]c(-c3cccc4c3CCCN4)nc12. The van der Waals surface area contributed by atoms with E-state index in [0.717, 1.165) is 42.0 Å². The van der Waals surface area contributed by atoms with E-state index in [-0.39, 0.29) is 5.82 Å². The minimum Gasteiger partial charge on any atom is -0.385 e. The molecule has 1 aliphatic rings. The number of fused-ring (bicyclic) bond motifs is 2. The molecule has 3 aromatic rings. The molecule has 0 saturated heterocycles. The van der Waals surface area contributed by atoms with Gasteiger partial charge in [-0.1, -0.05) is 18.2 Å². The van der Waals surface area contributed by atoms with Crippen LogP contribution in [0.25, 0.3) is 22.4 Å². The molecule has 0 fully saturated rings. The minimum atomic E-state index is -0.284. The maximum Gasteiger partial charge on any atom is 0.151 e. The number of rotatable bonds is 1. The lowest BCUT2D eigenvalue weighted by molar-refractivity contribution is 0.637. The number of nitrogens with zero attached hydrogens (tertiary/aromatic N) is 1. The summed E-state index contributed by atoms with van der Waals surface area (Å²) in [7, 11) is 0. The number of nitrogens with one attached hydrogen (secondary N) is 2. The van der Waals surface area contributed by atoms with Gasteiger partial charge in [-0.25, -0.2) is 9.37 Å². The third-order valence-corrected chi connectivity index (χ3v) is 3.81. The zero-order valence-corrected chi connectivity index (χ0v) is 10.9. The Morgan fingerprint density at radius 2 is 2.00 bits per heavy atom. The number of benzene rings is 2. The lowest BCUT2D eigenvalue weighted by Gasteiger charge is -2.20. The van der Waals surface area contributed by atoms with Crippen LogP contribution in [0.4, 0.5) is 10.1 Å². The average Bonchev–Trinajstić information content (AvgIpc) is 2.92. The number of aromatic amines is 1. The average molecular weight is 267 g/mol. The van der Waals surface area contributed by atoms with Crippen molar-refractivity contribution < 1.29 is 4.39 Å². The zero-order chi connectivity index (χ0) is 13.5. The first kappa shape index (κ1) is 11.5. The Kier molecular flexibility index (Phi) is 2.49. The summed E-state index contributed by atoms with van der Waals surface area (Å²) >= 11 is 0. The molecule has 0 aliphatic carbocycles. The van der Waals surface area contributed by atoms with E-state index in [0.29, 0.717) is 5.52 Å². The van der Waals surface area contributed by atoms with E-state index in [2.05, 4.69) is 21.4 Å². The highest BCUT2D eigenvalue weighted by atomic mass is 19.1. The van der Waals surface area contributed by atoms with Crippen LogP contribution in [0, 0.1) is 5.82 Å². The lowest BCUT2D eigenvalue weighted by atomic mass is 9.97. The number of aromatic nitrogens is 2. The molecule has 3 nitrogen and oxygen atoms in total. The van der Waals surface area contributed by atoms with Crippen LogP contribution in [0.5, 0.6) is 0 Å². The van der Waals surface area contributed by atoms with Crippen LogP contribution in [0.3, 0.4) is 0 Å². The summed E-state index contributed by atoms with van der Waals surface area (Å²) in [5.74, 6) is 0.457. The largest absolute Gasteiger partial charge is 0.385 e. The smallest absolute Gasteiger partial charge is 0.151 e. The molecule has 2 N–H and O–H groups in total. The first-order valence-corrected chi connectivity index (χ1v) is 6.83. The van der Waals surface area contributed by atoms with Gasteiger partial charge >= 0.3 is 0 Å². The van der Waals surface area contributed by atoms with Crippen LogP contribution in [0.15, 0.2) is 36.4 Å². The summed E-state index contributed by atoms with van der Waals surface area (Å²) in [5.41, 5.74) is 4.63. The molecule has 20 heavy (non-hydrogen) atoms. The van der Waals surface area contributed by atoms with Gasteiger partial charge in [0, 0.05) is 17.8 Å². The second-order valence-electron chi connectivity index (χ2n) is 5.08. The molecule has 0 bridgehead atoms. The Labute approximate surface area is 115 Å². The van der Waals surface area contributed by atoms with Gasteiger partial charge in [-0.3, -0.25) is 0 Å². The highest BCUT2D eigenvalue weighted by Gasteiger charge is 2.16. The Bertz CT molecular complexity index is 792. The van der Waals surface area contributed by atoms with Gasteiger partial charge in [0.05, 0.1) is 5.52 Å². The van der Waals surface area contributed by atoms with Crippen molar-refractivity contribution in [1.29, 1.82) is 0 Å². The molecule has 2 aromatic carbocycles. The van der Waals surface area contributed by atoms with Gasteiger partial charge in [-0.05, 0) is 36.6 Å². The third-order valence-electron chi connectivity index (χ3n) is 3.81. The molecule has 0 saturated carbocycles. The van der Waals surface area contributed by atoms with Crippen molar-refractivity contribution in [3.8, 4) is 11.4 Å². The van der Waals surface area contributed by atoms with Crippen LogP contribution in [-0.2, 0) is 6.42 Å². The van der Waals surface area contributed by atoms with E-state index in [4.69, 9.17) is 0 Å². The van der Waals surface area contributed by atoms with Gasteiger partial charge in [-0.15, -0.1) is 0 Å². The Balaban J connectivity index is 1.93. The first-order chi connectivity index (χ1) is 9.83. The molecule has 0 spiro atoms. The third kappa shape index (κ3) is 1.68. The fourth-order valence-corrected chi connectivity index (χ4v) is 2.86. The summed E-state index contributed by atoms with van der Waals surface area (Å²) < 4.78 is 13.8. The molecule has 1 aromatic heterocycles. The second-order valence-corrected chi connectivity index (χ2v) is 5.08. The molecule has 0 amide bonds. The predicted octanol–water partition coefficient (Wildman–Crippen LogP) is 3.73. The van der Waals surface area contributed by atoms with E-state index >= 15 is 0 Å². The Hall–Kier alpha value is -2.36. The molecule has 1 aliphatic heterocycles. The van der Waals surface area contributed by atoms with E-state index in [9.17, 15) is 4.39 Å². The first-order valence-electron chi connectivity index (χ1n) is 6.83. The summed E-state index contributed by atoms with van der Waals surface area (Å²) in [4.78, 5) is 7.66. The summed E-state index contributed by atoms with van der Waals surface area (Å²) in [6.07, 6.45) is 2.14. The second kappa shape index (κ2) is 4.34. The molecule has 4 heteroatoms. The van der Waals surface area contributed by atoms with Gasteiger partial charge < -0.3 is 10.3 Å². The standard InChI is InChI=1S/C16H14FN3/c17-12-6-2-8-14-15(12)20-16(19-14)11-4-1-7-13-10(11)5-3-9-18-13/h1-2,4,6-8,18H,3,5,9H2,(H,19,20). The number of anilines is 1. The van der Waals surface area contributed by atoms with Crippen molar-refractivity contribution in [2.75, 3.05) is 11.9 Å². The monoisotopic (exact) mass is 267 g/mol. The van der Waals surface area contributed by atoms with Crippen LogP contribution >= 0.6 is 0 Å². The molecular weight excluding hydrogens is 253 g/mol. The summed E-state index contributed by atoms with van der Waals surface area (Å²) in [5, 5.41) is 3.40. The summed E-state index contributed by atoms with van der Waals surface area (Å²) in [6, 6.07) is 11.1. The van der Waals surface area contributed by atoms with Gasteiger partial charge in [0.25, 0.3) is 0 Å². The van der Waals surface area contributed by atoms with E-state index < -0.39 is 0 Å². The quantitative estimate of drug-likeness (QED) is 0.705. The molecule has 0 unspecified atom stereocenters. The molecular formula is C16H14FN3. The number of hydrogen-bond donors (Lipinski definition) is 2. The van der Waals surface area contributed by atoms with Crippen LogP contribution in [0.1, 0.15) is 12.0 Å². The highest BCUT2D eigenvalue weighted by Crippen LogP contribution is 2.32. The number of para-hydroxylation sites is 1. The zero-order valence-electron chi connectivity index (χ0n) is 10.9. The van der Waals surface area contributed by atoms with Crippen molar-refractivity contribution in [2.45, 2.75) is 12.8 Å². The Morgan fingerprint density at radius 1 is 1.10 bits per heavy atom. The molecule has 2 heterocycles. The van der Waals surface area contributed by atoms with E-state index in [1.165, 1.54) is 11.6 Å². The van der Waals surface area contributed by atoms with Crippen LogP contribution in [0.2, 0.25) is 0 Å². The van der Waals surface area contributed by atoms with Crippen molar-refractivity contribution in [3.63, 3.8) is 0 Å². The topological polar surface area (TPSA) is 40.7 Å². The van der Waals surface area contributed by atoms with Crippen molar-refractivity contribution in [3.05, 3.63) is 47.8 Å². The van der Waals surface area contributed by atoms with Crippen LogP contribution < -0.4 is 5.32 Å². The van der Waals surface area contributed by atoms with Gasteiger partial charge in [0.15, 0.2) is 5.82 Å². The molecule has 100 valence electrons. The highest BCUT2D eigenvalue weighted by molar-refractivity contribution is 5.82. The van der Waals surface area contributed by atoms with E-state index in [1.807, 2.05) is 18.2 Å². The van der Waals surface area contributed by atoms with Crippen LogP contribution in [-0.4, -0.2) is 16.5 Å². The summed E-state index contributed by atoms with van der Waals surface area (Å²) in [6.45, 7) is 1.01. The van der Waals surface area contributed by atoms with Gasteiger partial charge in [-0.2, -0.15) is 0 Å². The fraction of sp³-hybridized carbons (Fsp3) is 0.188. The van der Waals surface area contributed by atoms with Gasteiger partial charge in [0.1, 0.15) is 11.3 Å². The fourth-order valence-electron chi connectivity index (χ4n) is 2.86. The minimum absolute atomic E-state index is 0.284.